The number of halogens is 2. The van der Waals surface area contributed by atoms with Gasteiger partial charge in [0.1, 0.15) is 5.75 Å². The summed E-state index contributed by atoms with van der Waals surface area (Å²) in [4.78, 5) is 2.23. The Labute approximate surface area is 117 Å². The van der Waals surface area contributed by atoms with Gasteiger partial charge >= 0.3 is 6.61 Å². The van der Waals surface area contributed by atoms with Crippen LogP contribution in [0.5, 0.6) is 5.75 Å². The van der Waals surface area contributed by atoms with Crippen molar-refractivity contribution in [3.63, 3.8) is 0 Å². The molecule has 1 saturated heterocycles. The van der Waals surface area contributed by atoms with Crippen molar-refractivity contribution in [1.29, 1.82) is 0 Å². The van der Waals surface area contributed by atoms with Crippen molar-refractivity contribution in [3.8, 4) is 5.75 Å². The van der Waals surface area contributed by atoms with Crippen LogP contribution in [0.15, 0.2) is 24.3 Å². The first kappa shape index (κ1) is 13.8. The summed E-state index contributed by atoms with van der Waals surface area (Å²) in [5, 5.41) is 9.91. The molecule has 110 valence electrons. The molecular weight excluding hydrogens is 264 g/mol. The van der Waals surface area contributed by atoms with Crippen molar-refractivity contribution in [3.05, 3.63) is 29.8 Å². The van der Waals surface area contributed by atoms with Gasteiger partial charge < -0.3 is 9.84 Å². The van der Waals surface area contributed by atoms with Crippen LogP contribution in [-0.2, 0) is 6.54 Å². The van der Waals surface area contributed by atoms with Crippen LogP contribution in [0.2, 0.25) is 0 Å². The largest absolute Gasteiger partial charge is 0.434 e. The molecule has 2 fully saturated rings. The van der Waals surface area contributed by atoms with Gasteiger partial charge in [0.2, 0.25) is 0 Å². The molecule has 3 unspecified atom stereocenters. The monoisotopic (exact) mass is 283 g/mol. The lowest BCUT2D eigenvalue weighted by molar-refractivity contribution is -0.0507. The van der Waals surface area contributed by atoms with Gasteiger partial charge in [-0.25, -0.2) is 0 Å². The minimum atomic E-state index is -2.80. The van der Waals surface area contributed by atoms with Crippen molar-refractivity contribution in [2.24, 2.45) is 11.8 Å². The Bertz CT molecular complexity index is 469. The van der Waals surface area contributed by atoms with Crippen LogP contribution in [0.1, 0.15) is 18.4 Å². The van der Waals surface area contributed by atoms with E-state index < -0.39 is 6.61 Å². The third-order valence-electron chi connectivity index (χ3n) is 4.48. The van der Waals surface area contributed by atoms with E-state index in [2.05, 4.69) is 9.64 Å². The standard InChI is InChI=1S/C15H19F2NO2/c16-15(17)20-14-4-2-1-3-11(14)8-18-7-10-5-6-13(19)12(10)9-18/h1-4,10,12-13,15,19H,5-9H2. The summed E-state index contributed by atoms with van der Waals surface area (Å²) >= 11 is 0. The van der Waals surface area contributed by atoms with Gasteiger partial charge in [-0.3, -0.25) is 4.90 Å². The molecule has 3 atom stereocenters. The van der Waals surface area contributed by atoms with Crippen LogP contribution in [-0.4, -0.2) is 35.8 Å². The van der Waals surface area contributed by atoms with E-state index >= 15 is 0 Å². The zero-order chi connectivity index (χ0) is 14.1. The number of rotatable bonds is 4. The number of hydrogen-bond acceptors (Lipinski definition) is 3. The number of ether oxygens (including phenoxy) is 1. The predicted molar refractivity (Wildman–Crippen MR) is 70.6 cm³/mol. The van der Waals surface area contributed by atoms with Crippen molar-refractivity contribution < 1.29 is 18.6 Å². The Morgan fingerprint density at radius 3 is 2.80 bits per heavy atom. The topological polar surface area (TPSA) is 32.7 Å². The summed E-state index contributed by atoms with van der Waals surface area (Å²) in [6.45, 7) is -0.418. The fourth-order valence-electron chi connectivity index (χ4n) is 3.54. The number of fused-ring (bicyclic) bond motifs is 1. The fraction of sp³-hybridized carbons (Fsp3) is 0.600. The number of aliphatic hydroxyl groups is 1. The van der Waals surface area contributed by atoms with Crippen molar-refractivity contribution >= 4 is 0 Å². The third-order valence-corrected chi connectivity index (χ3v) is 4.48. The van der Waals surface area contributed by atoms with Crippen LogP contribution in [0.25, 0.3) is 0 Å². The van der Waals surface area contributed by atoms with E-state index in [-0.39, 0.29) is 11.9 Å². The van der Waals surface area contributed by atoms with E-state index in [1.807, 2.05) is 12.1 Å². The Morgan fingerprint density at radius 1 is 1.25 bits per heavy atom. The first-order chi connectivity index (χ1) is 9.63. The van der Waals surface area contributed by atoms with Crippen molar-refractivity contribution in [1.82, 2.24) is 4.90 Å². The van der Waals surface area contributed by atoms with Crippen LogP contribution in [0.4, 0.5) is 8.78 Å². The molecular formula is C15H19F2NO2. The van der Waals surface area contributed by atoms with E-state index in [0.717, 1.165) is 31.5 Å². The summed E-state index contributed by atoms with van der Waals surface area (Å²) in [7, 11) is 0. The molecule has 0 radical (unpaired) electrons. The Kier molecular flexibility index (Phi) is 3.89. The first-order valence-corrected chi connectivity index (χ1v) is 7.06. The summed E-state index contributed by atoms with van der Waals surface area (Å²) in [6.07, 6.45) is 1.77. The molecule has 1 aliphatic heterocycles. The molecule has 1 heterocycles. The van der Waals surface area contributed by atoms with Gasteiger partial charge in [0.05, 0.1) is 6.10 Å². The highest BCUT2D eigenvalue weighted by Gasteiger charge is 2.41. The molecule has 0 aromatic heterocycles. The Balaban J connectivity index is 1.67. The van der Waals surface area contributed by atoms with Gasteiger partial charge in [0.25, 0.3) is 0 Å². The maximum atomic E-state index is 12.4. The van der Waals surface area contributed by atoms with Gasteiger partial charge in [-0.2, -0.15) is 8.78 Å². The second-order valence-electron chi connectivity index (χ2n) is 5.75. The zero-order valence-corrected chi connectivity index (χ0v) is 11.2. The molecule has 0 amide bonds. The number of alkyl halides is 2. The van der Waals surface area contributed by atoms with E-state index in [4.69, 9.17) is 0 Å². The van der Waals surface area contributed by atoms with Gasteiger partial charge in [-0.15, -0.1) is 0 Å². The average Bonchev–Trinajstić information content (AvgIpc) is 2.94. The highest BCUT2D eigenvalue weighted by Crippen LogP contribution is 2.39. The maximum absolute atomic E-state index is 12.4. The number of aliphatic hydroxyl groups excluding tert-OH is 1. The molecule has 20 heavy (non-hydrogen) atoms. The van der Waals surface area contributed by atoms with Gasteiger partial charge in [-0.1, -0.05) is 18.2 Å². The second kappa shape index (κ2) is 5.66. The van der Waals surface area contributed by atoms with Crippen LogP contribution in [0.3, 0.4) is 0 Å². The Morgan fingerprint density at radius 2 is 2.05 bits per heavy atom. The zero-order valence-electron chi connectivity index (χ0n) is 11.2. The number of benzene rings is 1. The quantitative estimate of drug-likeness (QED) is 0.921. The Hall–Kier alpha value is -1.20. The third kappa shape index (κ3) is 2.79. The van der Waals surface area contributed by atoms with Gasteiger partial charge in [0.15, 0.2) is 0 Å². The summed E-state index contributed by atoms with van der Waals surface area (Å²) in [5.74, 6) is 1.14. The molecule has 2 aliphatic rings. The number of para-hydroxylation sites is 1. The number of nitrogens with zero attached hydrogens (tertiary/aromatic N) is 1. The van der Waals surface area contributed by atoms with E-state index in [9.17, 15) is 13.9 Å². The molecule has 0 bridgehead atoms. The molecule has 1 saturated carbocycles. The summed E-state index contributed by atoms with van der Waals surface area (Å²) in [5.41, 5.74) is 0.780. The number of hydrogen-bond donors (Lipinski definition) is 1. The summed E-state index contributed by atoms with van der Waals surface area (Å²) < 4.78 is 29.3. The summed E-state index contributed by atoms with van der Waals surface area (Å²) in [6, 6.07) is 6.93. The van der Waals surface area contributed by atoms with Gasteiger partial charge in [-0.05, 0) is 24.8 Å². The molecule has 1 N–H and O–H groups in total. The second-order valence-corrected chi connectivity index (χ2v) is 5.75. The lowest BCUT2D eigenvalue weighted by atomic mass is 10.00. The SMILES string of the molecule is OC1CCC2CN(Cc3ccccc3OC(F)F)CC12. The smallest absolute Gasteiger partial charge is 0.387 e. The number of likely N-dealkylation sites (tertiary alicyclic amines) is 1. The van der Waals surface area contributed by atoms with Crippen LogP contribution < -0.4 is 4.74 Å². The van der Waals surface area contributed by atoms with Crippen molar-refractivity contribution in [2.75, 3.05) is 13.1 Å². The average molecular weight is 283 g/mol. The van der Waals surface area contributed by atoms with E-state index in [1.165, 1.54) is 0 Å². The maximum Gasteiger partial charge on any atom is 0.387 e. The molecule has 5 heteroatoms. The highest BCUT2D eigenvalue weighted by molar-refractivity contribution is 5.33. The normalized spacial score (nSPS) is 29.9. The molecule has 3 nitrogen and oxygen atoms in total. The molecule has 0 spiro atoms. The highest BCUT2D eigenvalue weighted by atomic mass is 19.3. The predicted octanol–water partition coefficient (Wildman–Crippen LogP) is 2.49. The minimum absolute atomic E-state index is 0.197. The minimum Gasteiger partial charge on any atom is -0.434 e. The molecule has 1 aromatic carbocycles. The molecule has 1 aliphatic carbocycles. The van der Waals surface area contributed by atoms with Crippen LogP contribution in [0, 0.1) is 11.8 Å². The lowest BCUT2D eigenvalue weighted by Crippen LogP contribution is -2.24. The van der Waals surface area contributed by atoms with E-state index in [1.54, 1.807) is 12.1 Å². The van der Waals surface area contributed by atoms with E-state index in [0.29, 0.717) is 18.4 Å². The van der Waals surface area contributed by atoms with Gasteiger partial charge in [0, 0.05) is 31.1 Å². The first-order valence-electron chi connectivity index (χ1n) is 7.06. The molecule has 1 aromatic rings. The van der Waals surface area contributed by atoms with Crippen LogP contribution >= 0.6 is 0 Å². The fourth-order valence-corrected chi connectivity index (χ4v) is 3.54. The van der Waals surface area contributed by atoms with Crippen molar-refractivity contribution in [2.45, 2.75) is 32.1 Å². The molecule has 3 rings (SSSR count). The lowest BCUT2D eigenvalue weighted by Gasteiger charge is -2.19.